The van der Waals surface area contributed by atoms with Gasteiger partial charge in [0.2, 0.25) is 5.91 Å². The summed E-state index contributed by atoms with van der Waals surface area (Å²) in [6.07, 6.45) is 5.31. The van der Waals surface area contributed by atoms with Crippen LogP contribution in [0, 0.1) is 12.8 Å². The van der Waals surface area contributed by atoms with E-state index in [-0.39, 0.29) is 23.7 Å². The van der Waals surface area contributed by atoms with Crippen molar-refractivity contribution in [2.45, 2.75) is 39.5 Å². The van der Waals surface area contributed by atoms with Crippen LogP contribution in [0.25, 0.3) is 0 Å². The van der Waals surface area contributed by atoms with Gasteiger partial charge < -0.3 is 10.1 Å². The van der Waals surface area contributed by atoms with Gasteiger partial charge in [0.25, 0.3) is 0 Å². The molecule has 0 aliphatic heterocycles. The zero-order valence-corrected chi connectivity index (χ0v) is 15.8. The van der Waals surface area contributed by atoms with Crippen LogP contribution in [0.1, 0.15) is 52.5 Å². The molecule has 25 heavy (non-hydrogen) atoms. The maximum Gasteiger partial charge on any atom is 0.341 e. The fourth-order valence-corrected chi connectivity index (χ4v) is 4.34. The van der Waals surface area contributed by atoms with Crippen molar-refractivity contribution >= 4 is 28.2 Å². The average Bonchev–Trinajstić information content (AvgIpc) is 3.16. The highest BCUT2D eigenvalue weighted by atomic mass is 32.1. The van der Waals surface area contributed by atoms with Crippen molar-refractivity contribution in [2.75, 3.05) is 11.9 Å². The number of nitrogens with zero attached hydrogens (tertiary/aromatic N) is 2. The Morgan fingerprint density at radius 2 is 2.20 bits per heavy atom. The molecule has 0 aromatic carbocycles. The number of esters is 1. The van der Waals surface area contributed by atoms with Crippen LogP contribution in [0.4, 0.5) is 5.00 Å². The molecule has 0 spiro atoms. The molecule has 7 heteroatoms. The molecule has 0 bridgehead atoms. The third kappa shape index (κ3) is 3.46. The Kier molecular flexibility index (Phi) is 4.94. The van der Waals surface area contributed by atoms with E-state index in [1.165, 1.54) is 11.3 Å². The normalized spacial score (nSPS) is 18.9. The number of hydrogen-bond acceptors (Lipinski definition) is 5. The molecular weight excluding hydrogens is 338 g/mol. The quantitative estimate of drug-likeness (QED) is 0.802. The molecule has 2 aromatic rings. The SMILES string of the molecule is CCOC(=O)c1c(NC(=O)C2CC2c2cnn(C)c2)sc(C)c1CC. The Hall–Kier alpha value is -2.15. The summed E-state index contributed by atoms with van der Waals surface area (Å²) < 4.78 is 6.93. The molecular formula is C18H23N3O3S. The van der Waals surface area contributed by atoms with Crippen molar-refractivity contribution in [3.63, 3.8) is 0 Å². The van der Waals surface area contributed by atoms with Crippen LogP contribution in [-0.4, -0.2) is 28.3 Å². The number of aryl methyl sites for hydroxylation is 2. The summed E-state index contributed by atoms with van der Waals surface area (Å²) >= 11 is 1.45. The molecule has 1 saturated carbocycles. The fourth-order valence-electron chi connectivity index (χ4n) is 3.20. The summed E-state index contributed by atoms with van der Waals surface area (Å²) in [6.45, 7) is 6.07. The van der Waals surface area contributed by atoms with Gasteiger partial charge in [0.05, 0.1) is 18.4 Å². The number of amides is 1. The largest absolute Gasteiger partial charge is 0.462 e. The third-order valence-electron chi connectivity index (χ3n) is 4.56. The lowest BCUT2D eigenvalue weighted by atomic mass is 10.1. The van der Waals surface area contributed by atoms with Crippen LogP contribution in [0.3, 0.4) is 0 Å². The van der Waals surface area contributed by atoms with E-state index >= 15 is 0 Å². The number of carbonyl (C=O) groups excluding carboxylic acids is 2. The number of ether oxygens (including phenoxy) is 1. The van der Waals surface area contributed by atoms with Gasteiger partial charge in [-0.3, -0.25) is 9.48 Å². The Bertz CT molecular complexity index is 809. The molecule has 1 fully saturated rings. The van der Waals surface area contributed by atoms with Gasteiger partial charge in [-0.05, 0) is 43.7 Å². The Morgan fingerprint density at radius 3 is 2.80 bits per heavy atom. The number of hydrogen-bond donors (Lipinski definition) is 1. The highest BCUT2D eigenvalue weighted by Gasteiger charge is 2.45. The fraction of sp³-hybridized carbons (Fsp3) is 0.500. The van der Waals surface area contributed by atoms with Crippen molar-refractivity contribution in [1.82, 2.24) is 9.78 Å². The summed E-state index contributed by atoms with van der Waals surface area (Å²) in [5, 5.41) is 7.74. The molecule has 1 N–H and O–H groups in total. The molecule has 1 aliphatic carbocycles. The zero-order valence-electron chi connectivity index (χ0n) is 15.0. The summed E-state index contributed by atoms with van der Waals surface area (Å²) in [4.78, 5) is 26.0. The second kappa shape index (κ2) is 7.00. The van der Waals surface area contributed by atoms with E-state index in [1.54, 1.807) is 11.6 Å². The summed E-state index contributed by atoms with van der Waals surface area (Å²) in [5.74, 6) is -0.250. The maximum atomic E-state index is 12.6. The molecule has 0 saturated heterocycles. The molecule has 2 heterocycles. The summed E-state index contributed by atoms with van der Waals surface area (Å²) in [7, 11) is 1.87. The van der Waals surface area contributed by atoms with Crippen molar-refractivity contribution < 1.29 is 14.3 Å². The van der Waals surface area contributed by atoms with Crippen molar-refractivity contribution in [2.24, 2.45) is 13.0 Å². The first-order valence-electron chi connectivity index (χ1n) is 8.55. The van der Waals surface area contributed by atoms with Crippen molar-refractivity contribution in [1.29, 1.82) is 0 Å². The first-order chi connectivity index (χ1) is 12.0. The molecule has 1 amide bonds. The van der Waals surface area contributed by atoms with Gasteiger partial charge in [-0.15, -0.1) is 11.3 Å². The molecule has 2 atom stereocenters. The molecule has 134 valence electrons. The van der Waals surface area contributed by atoms with Gasteiger partial charge >= 0.3 is 5.97 Å². The Morgan fingerprint density at radius 1 is 1.44 bits per heavy atom. The van der Waals surface area contributed by atoms with Crippen LogP contribution in [0.15, 0.2) is 12.4 Å². The first kappa shape index (κ1) is 17.7. The molecule has 2 unspecified atom stereocenters. The molecule has 1 aliphatic rings. The van der Waals surface area contributed by atoms with Crippen LogP contribution in [0.2, 0.25) is 0 Å². The van der Waals surface area contributed by atoms with Crippen LogP contribution >= 0.6 is 11.3 Å². The average molecular weight is 361 g/mol. The lowest BCUT2D eigenvalue weighted by molar-refractivity contribution is -0.117. The molecule has 2 aromatic heterocycles. The van der Waals surface area contributed by atoms with E-state index in [1.807, 2.05) is 33.3 Å². The van der Waals surface area contributed by atoms with Gasteiger partial charge in [-0.1, -0.05) is 6.92 Å². The van der Waals surface area contributed by atoms with E-state index in [4.69, 9.17) is 4.74 Å². The number of nitrogens with one attached hydrogen (secondary N) is 1. The van der Waals surface area contributed by atoms with Crippen LogP contribution in [0.5, 0.6) is 0 Å². The molecule has 0 radical (unpaired) electrons. The number of carbonyl (C=O) groups is 2. The maximum absolute atomic E-state index is 12.6. The van der Waals surface area contributed by atoms with Crippen LogP contribution in [-0.2, 0) is 23.0 Å². The smallest absolute Gasteiger partial charge is 0.341 e. The van der Waals surface area contributed by atoms with E-state index in [0.29, 0.717) is 17.2 Å². The van der Waals surface area contributed by atoms with Gasteiger partial charge in [-0.25, -0.2) is 4.79 Å². The van der Waals surface area contributed by atoms with E-state index in [9.17, 15) is 9.59 Å². The van der Waals surface area contributed by atoms with Crippen molar-refractivity contribution in [3.05, 3.63) is 34.0 Å². The predicted octanol–water partition coefficient (Wildman–Crippen LogP) is 3.27. The lowest BCUT2D eigenvalue weighted by Crippen LogP contribution is -2.17. The topological polar surface area (TPSA) is 73.2 Å². The third-order valence-corrected chi connectivity index (χ3v) is 5.62. The van der Waals surface area contributed by atoms with E-state index < -0.39 is 0 Å². The monoisotopic (exact) mass is 361 g/mol. The number of aromatic nitrogens is 2. The minimum absolute atomic E-state index is 0.0386. The van der Waals surface area contributed by atoms with Crippen LogP contribution < -0.4 is 5.32 Å². The predicted molar refractivity (Wildman–Crippen MR) is 97.1 cm³/mol. The molecule has 6 nitrogen and oxygen atoms in total. The zero-order chi connectivity index (χ0) is 18.1. The number of anilines is 1. The van der Waals surface area contributed by atoms with E-state index in [0.717, 1.165) is 28.8 Å². The number of rotatable bonds is 6. The highest BCUT2D eigenvalue weighted by Crippen LogP contribution is 2.48. The van der Waals surface area contributed by atoms with Gasteiger partial charge in [0, 0.05) is 24.0 Å². The van der Waals surface area contributed by atoms with E-state index in [2.05, 4.69) is 10.4 Å². The molecule has 3 rings (SSSR count). The summed E-state index contributed by atoms with van der Waals surface area (Å²) in [5.41, 5.74) is 2.56. The standard InChI is InChI=1S/C18H23N3O3S/c1-5-12-10(3)25-17(15(12)18(23)24-6-2)20-16(22)14-7-13(14)11-8-19-21(4)9-11/h8-9,13-14H,5-7H2,1-4H3,(H,20,22). The lowest BCUT2D eigenvalue weighted by Gasteiger charge is -2.08. The number of thiophene rings is 1. The van der Waals surface area contributed by atoms with Crippen molar-refractivity contribution in [3.8, 4) is 0 Å². The van der Waals surface area contributed by atoms with Gasteiger partial charge in [0.1, 0.15) is 5.00 Å². The van der Waals surface area contributed by atoms with Gasteiger partial charge in [-0.2, -0.15) is 5.10 Å². The Labute approximate surface area is 151 Å². The second-order valence-corrected chi connectivity index (χ2v) is 7.52. The highest BCUT2D eigenvalue weighted by molar-refractivity contribution is 7.16. The Balaban J connectivity index is 1.76. The minimum atomic E-state index is -0.362. The minimum Gasteiger partial charge on any atom is -0.462 e. The van der Waals surface area contributed by atoms with Gasteiger partial charge in [0.15, 0.2) is 0 Å². The first-order valence-corrected chi connectivity index (χ1v) is 9.36. The summed E-state index contributed by atoms with van der Waals surface area (Å²) in [6, 6.07) is 0. The second-order valence-electron chi connectivity index (χ2n) is 6.30.